The second-order valence-corrected chi connectivity index (χ2v) is 6.48. The van der Waals surface area contributed by atoms with E-state index < -0.39 is 0 Å². The van der Waals surface area contributed by atoms with Crippen LogP contribution in [0.1, 0.15) is 24.4 Å². The van der Waals surface area contributed by atoms with E-state index >= 15 is 0 Å². The van der Waals surface area contributed by atoms with Crippen molar-refractivity contribution >= 4 is 22.9 Å². The van der Waals surface area contributed by atoms with E-state index in [4.69, 9.17) is 0 Å². The summed E-state index contributed by atoms with van der Waals surface area (Å²) in [6, 6.07) is 9.64. The standard InChI is InChI=1S/C17H18N4OS/c1-12(21-9-3-8-18-21)10-17(22)20-15-6-4-14(5-7-15)16-11-23-13(2)19-16/h3-9,11-12H,10H2,1-2H3,(H,20,22)/t12-/m1/s1. The maximum Gasteiger partial charge on any atom is 0.226 e. The van der Waals surface area contributed by atoms with E-state index in [2.05, 4.69) is 15.4 Å². The average molecular weight is 326 g/mol. The van der Waals surface area contributed by atoms with Crippen molar-refractivity contribution in [1.82, 2.24) is 14.8 Å². The minimum Gasteiger partial charge on any atom is -0.326 e. The maximum absolute atomic E-state index is 12.1. The molecule has 0 spiro atoms. The van der Waals surface area contributed by atoms with Gasteiger partial charge in [-0.15, -0.1) is 11.3 Å². The molecule has 3 aromatic rings. The summed E-state index contributed by atoms with van der Waals surface area (Å²) in [5, 5.41) is 10.2. The third-order valence-electron chi connectivity index (χ3n) is 3.54. The Labute approximate surface area is 139 Å². The number of aromatic nitrogens is 3. The monoisotopic (exact) mass is 326 g/mol. The summed E-state index contributed by atoms with van der Waals surface area (Å²) >= 11 is 1.63. The number of rotatable bonds is 5. The molecule has 6 heteroatoms. The summed E-state index contributed by atoms with van der Waals surface area (Å²) < 4.78 is 1.78. The molecule has 0 aliphatic carbocycles. The van der Waals surface area contributed by atoms with Gasteiger partial charge in [-0.1, -0.05) is 12.1 Å². The third kappa shape index (κ3) is 3.84. The van der Waals surface area contributed by atoms with Gasteiger partial charge >= 0.3 is 0 Å². The number of nitrogens with one attached hydrogen (secondary N) is 1. The van der Waals surface area contributed by atoms with E-state index in [1.54, 1.807) is 22.2 Å². The minimum atomic E-state index is -0.0229. The highest BCUT2D eigenvalue weighted by Crippen LogP contribution is 2.23. The van der Waals surface area contributed by atoms with Crippen LogP contribution in [0.4, 0.5) is 5.69 Å². The Morgan fingerprint density at radius 2 is 2.13 bits per heavy atom. The van der Waals surface area contributed by atoms with Gasteiger partial charge in [-0.2, -0.15) is 5.10 Å². The summed E-state index contributed by atoms with van der Waals surface area (Å²) in [4.78, 5) is 16.6. The number of anilines is 1. The molecule has 5 nitrogen and oxygen atoms in total. The molecule has 0 radical (unpaired) electrons. The fourth-order valence-corrected chi connectivity index (χ4v) is 2.96. The van der Waals surface area contributed by atoms with E-state index in [1.165, 1.54) is 0 Å². The van der Waals surface area contributed by atoms with Crippen molar-refractivity contribution in [2.45, 2.75) is 26.3 Å². The maximum atomic E-state index is 12.1. The van der Waals surface area contributed by atoms with Gasteiger partial charge in [0.1, 0.15) is 0 Å². The Kier molecular flexibility index (Phi) is 4.52. The zero-order valence-electron chi connectivity index (χ0n) is 13.1. The quantitative estimate of drug-likeness (QED) is 0.773. The molecule has 0 saturated heterocycles. The molecule has 0 unspecified atom stereocenters. The van der Waals surface area contributed by atoms with E-state index in [1.807, 2.05) is 55.8 Å². The molecule has 0 bridgehead atoms. The second-order valence-electron chi connectivity index (χ2n) is 5.42. The van der Waals surface area contributed by atoms with E-state index in [-0.39, 0.29) is 11.9 Å². The van der Waals surface area contributed by atoms with Crippen LogP contribution < -0.4 is 5.32 Å². The van der Waals surface area contributed by atoms with E-state index in [0.717, 1.165) is 22.0 Å². The van der Waals surface area contributed by atoms with Gasteiger partial charge < -0.3 is 5.32 Å². The molecule has 1 aromatic carbocycles. The van der Waals surface area contributed by atoms with Gasteiger partial charge in [-0.05, 0) is 32.0 Å². The summed E-state index contributed by atoms with van der Waals surface area (Å²) in [6.07, 6.45) is 3.96. The largest absolute Gasteiger partial charge is 0.326 e. The van der Waals surface area contributed by atoms with Gasteiger partial charge in [0.25, 0.3) is 0 Å². The van der Waals surface area contributed by atoms with Gasteiger partial charge in [0, 0.05) is 35.4 Å². The molecule has 0 aliphatic rings. The zero-order chi connectivity index (χ0) is 16.2. The Hall–Kier alpha value is -2.47. The van der Waals surface area contributed by atoms with Crippen LogP contribution in [0.25, 0.3) is 11.3 Å². The van der Waals surface area contributed by atoms with Crippen molar-refractivity contribution in [2.75, 3.05) is 5.32 Å². The van der Waals surface area contributed by atoms with Crippen molar-refractivity contribution in [3.63, 3.8) is 0 Å². The first kappa shape index (κ1) is 15.4. The molecule has 2 aromatic heterocycles. The van der Waals surface area contributed by atoms with Crippen LogP contribution in [-0.4, -0.2) is 20.7 Å². The first-order chi connectivity index (χ1) is 11.1. The molecule has 118 valence electrons. The molecule has 23 heavy (non-hydrogen) atoms. The smallest absolute Gasteiger partial charge is 0.226 e. The summed E-state index contributed by atoms with van der Waals surface area (Å²) in [7, 11) is 0. The first-order valence-corrected chi connectivity index (χ1v) is 8.31. The SMILES string of the molecule is Cc1nc(-c2ccc(NC(=O)C[C@@H](C)n3cccn3)cc2)cs1. The van der Waals surface area contributed by atoms with Crippen LogP contribution in [0.2, 0.25) is 0 Å². The second kappa shape index (κ2) is 6.75. The molecule has 1 amide bonds. The molecular formula is C17H18N4OS. The highest BCUT2D eigenvalue weighted by molar-refractivity contribution is 7.09. The normalized spacial score (nSPS) is 12.1. The Morgan fingerprint density at radius 3 is 2.74 bits per heavy atom. The van der Waals surface area contributed by atoms with Crippen molar-refractivity contribution in [2.24, 2.45) is 0 Å². The van der Waals surface area contributed by atoms with Gasteiger partial charge in [-0.3, -0.25) is 9.48 Å². The van der Waals surface area contributed by atoms with Crippen LogP contribution in [0.3, 0.4) is 0 Å². The Bertz CT molecular complexity index is 777. The number of hydrogen-bond acceptors (Lipinski definition) is 4. The zero-order valence-corrected chi connectivity index (χ0v) is 13.9. The van der Waals surface area contributed by atoms with Gasteiger partial charge in [0.05, 0.1) is 16.7 Å². The predicted molar refractivity (Wildman–Crippen MR) is 92.5 cm³/mol. The number of carbonyl (C=O) groups is 1. The number of hydrogen-bond donors (Lipinski definition) is 1. The molecule has 3 rings (SSSR count). The van der Waals surface area contributed by atoms with E-state index in [9.17, 15) is 4.79 Å². The van der Waals surface area contributed by atoms with E-state index in [0.29, 0.717) is 6.42 Å². The Balaban J connectivity index is 1.60. The molecule has 0 fully saturated rings. The van der Waals surface area contributed by atoms with Crippen LogP contribution in [-0.2, 0) is 4.79 Å². The topological polar surface area (TPSA) is 59.8 Å². The van der Waals surface area contributed by atoms with Crippen molar-refractivity contribution < 1.29 is 4.79 Å². The van der Waals surface area contributed by atoms with Crippen LogP contribution in [0.5, 0.6) is 0 Å². The number of thiazole rings is 1. The fraction of sp³-hybridized carbons (Fsp3) is 0.235. The molecule has 0 aliphatic heterocycles. The average Bonchev–Trinajstić information content (AvgIpc) is 3.19. The first-order valence-electron chi connectivity index (χ1n) is 7.43. The molecular weight excluding hydrogens is 308 g/mol. The number of amides is 1. The number of nitrogens with zero attached hydrogens (tertiary/aromatic N) is 3. The number of aryl methyl sites for hydroxylation is 1. The van der Waals surface area contributed by atoms with Crippen molar-refractivity contribution in [1.29, 1.82) is 0 Å². The van der Waals surface area contributed by atoms with Gasteiger partial charge in [-0.25, -0.2) is 4.98 Å². The van der Waals surface area contributed by atoms with Gasteiger partial charge in [0.2, 0.25) is 5.91 Å². The van der Waals surface area contributed by atoms with Crippen LogP contribution in [0.15, 0.2) is 48.1 Å². The lowest BCUT2D eigenvalue weighted by Crippen LogP contribution is -2.17. The lowest BCUT2D eigenvalue weighted by molar-refractivity contribution is -0.116. The number of carbonyl (C=O) groups excluding carboxylic acids is 1. The van der Waals surface area contributed by atoms with Crippen LogP contribution >= 0.6 is 11.3 Å². The Morgan fingerprint density at radius 1 is 1.35 bits per heavy atom. The lowest BCUT2D eigenvalue weighted by Gasteiger charge is -2.12. The van der Waals surface area contributed by atoms with Crippen LogP contribution in [0, 0.1) is 6.92 Å². The molecule has 1 N–H and O–H groups in total. The molecule has 2 heterocycles. The summed E-state index contributed by atoms with van der Waals surface area (Å²) in [5.41, 5.74) is 2.81. The third-order valence-corrected chi connectivity index (χ3v) is 4.31. The fourth-order valence-electron chi connectivity index (χ4n) is 2.34. The highest BCUT2D eigenvalue weighted by atomic mass is 32.1. The van der Waals surface area contributed by atoms with Crippen molar-refractivity contribution in [3.8, 4) is 11.3 Å². The molecule has 1 atom stereocenters. The predicted octanol–water partition coefficient (Wildman–Crippen LogP) is 3.90. The minimum absolute atomic E-state index is 0.0229. The lowest BCUT2D eigenvalue weighted by atomic mass is 10.1. The summed E-state index contributed by atoms with van der Waals surface area (Å²) in [5.74, 6) is -0.0229. The molecule has 0 saturated carbocycles. The highest BCUT2D eigenvalue weighted by Gasteiger charge is 2.11. The summed E-state index contributed by atoms with van der Waals surface area (Å²) in [6.45, 7) is 3.96. The van der Waals surface area contributed by atoms with Crippen molar-refractivity contribution in [3.05, 3.63) is 53.1 Å². The number of benzene rings is 1. The van der Waals surface area contributed by atoms with Gasteiger partial charge in [0.15, 0.2) is 0 Å².